The van der Waals surface area contributed by atoms with Crippen LogP contribution in [0.3, 0.4) is 0 Å². The summed E-state index contributed by atoms with van der Waals surface area (Å²) in [7, 11) is 0. The minimum atomic E-state index is -0.129. The fraction of sp³-hybridized carbons (Fsp3) is 0.350. The summed E-state index contributed by atoms with van der Waals surface area (Å²) in [4.78, 5) is 14.8. The molecule has 6 heteroatoms. The summed E-state index contributed by atoms with van der Waals surface area (Å²) in [5, 5.41) is 6.98. The van der Waals surface area contributed by atoms with E-state index in [1.165, 1.54) is 0 Å². The first-order valence-corrected chi connectivity index (χ1v) is 9.21. The van der Waals surface area contributed by atoms with Crippen molar-refractivity contribution in [2.75, 3.05) is 50.0 Å². The van der Waals surface area contributed by atoms with Crippen LogP contribution in [-0.2, 0) is 4.74 Å². The molecule has 1 saturated heterocycles. The highest BCUT2D eigenvalue weighted by molar-refractivity contribution is 6.30. The molecule has 0 aliphatic carbocycles. The Morgan fingerprint density at radius 2 is 1.88 bits per heavy atom. The van der Waals surface area contributed by atoms with Gasteiger partial charge >= 0.3 is 0 Å². The number of anilines is 2. The minimum absolute atomic E-state index is 0.129. The zero-order valence-corrected chi connectivity index (χ0v) is 15.7. The van der Waals surface area contributed by atoms with Crippen LogP contribution in [0.2, 0.25) is 5.02 Å². The fourth-order valence-corrected chi connectivity index (χ4v) is 3.04. The van der Waals surface area contributed by atoms with Crippen molar-refractivity contribution in [2.45, 2.75) is 6.92 Å². The van der Waals surface area contributed by atoms with Crippen LogP contribution in [0.1, 0.15) is 15.9 Å². The molecule has 1 amide bonds. The van der Waals surface area contributed by atoms with Crippen LogP contribution in [0, 0.1) is 6.92 Å². The molecular weight excluding hydrogens is 350 g/mol. The summed E-state index contributed by atoms with van der Waals surface area (Å²) < 4.78 is 5.36. The third-order valence-corrected chi connectivity index (χ3v) is 4.69. The van der Waals surface area contributed by atoms with E-state index in [-0.39, 0.29) is 5.91 Å². The first-order valence-electron chi connectivity index (χ1n) is 8.83. The number of ether oxygens (including phenoxy) is 1. The number of carbonyl (C=O) groups is 1. The molecule has 1 fully saturated rings. The van der Waals surface area contributed by atoms with Gasteiger partial charge in [-0.15, -0.1) is 0 Å². The van der Waals surface area contributed by atoms with Crippen LogP contribution < -0.4 is 10.6 Å². The van der Waals surface area contributed by atoms with Crippen molar-refractivity contribution in [3.8, 4) is 0 Å². The molecule has 0 spiro atoms. The van der Waals surface area contributed by atoms with Gasteiger partial charge in [-0.25, -0.2) is 0 Å². The smallest absolute Gasteiger partial charge is 0.255 e. The van der Waals surface area contributed by atoms with Gasteiger partial charge in [-0.05, 0) is 55.0 Å². The molecule has 0 radical (unpaired) electrons. The summed E-state index contributed by atoms with van der Waals surface area (Å²) in [6.45, 7) is 7.48. The molecule has 0 atom stereocenters. The molecule has 5 nitrogen and oxygen atoms in total. The van der Waals surface area contributed by atoms with E-state index in [0.29, 0.717) is 10.6 Å². The number of hydrogen-bond acceptors (Lipinski definition) is 4. The van der Waals surface area contributed by atoms with E-state index in [4.69, 9.17) is 16.3 Å². The molecule has 2 aromatic rings. The number of amides is 1. The maximum absolute atomic E-state index is 12.4. The van der Waals surface area contributed by atoms with Crippen LogP contribution >= 0.6 is 11.6 Å². The molecule has 3 rings (SSSR count). The van der Waals surface area contributed by atoms with Crippen molar-refractivity contribution >= 4 is 28.9 Å². The van der Waals surface area contributed by atoms with Gasteiger partial charge < -0.3 is 15.4 Å². The lowest BCUT2D eigenvalue weighted by molar-refractivity contribution is 0.0398. The summed E-state index contributed by atoms with van der Waals surface area (Å²) >= 11 is 5.87. The lowest BCUT2D eigenvalue weighted by Crippen LogP contribution is -2.39. The van der Waals surface area contributed by atoms with Gasteiger partial charge in [0.1, 0.15) is 0 Å². The highest BCUT2D eigenvalue weighted by atomic mass is 35.5. The van der Waals surface area contributed by atoms with Crippen LogP contribution in [0.5, 0.6) is 0 Å². The fourth-order valence-electron chi connectivity index (χ4n) is 2.91. The monoisotopic (exact) mass is 373 g/mol. The predicted molar refractivity (Wildman–Crippen MR) is 106 cm³/mol. The first kappa shape index (κ1) is 18.7. The van der Waals surface area contributed by atoms with Crippen LogP contribution in [0.25, 0.3) is 0 Å². The SMILES string of the molecule is Cc1cc(C(=O)Nc2ccc(Cl)cc2)ccc1NCCN1CCOCC1. The summed E-state index contributed by atoms with van der Waals surface area (Å²) in [5.74, 6) is -0.129. The van der Waals surface area contributed by atoms with Crippen molar-refractivity contribution in [2.24, 2.45) is 0 Å². The van der Waals surface area contributed by atoms with Gasteiger partial charge in [-0.2, -0.15) is 0 Å². The number of nitrogens with zero attached hydrogens (tertiary/aromatic N) is 1. The molecule has 0 saturated carbocycles. The molecular formula is C20H24ClN3O2. The number of morpholine rings is 1. The van der Waals surface area contributed by atoms with Gasteiger partial charge in [-0.1, -0.05) is 11.6 Å². The predicted octanol–water partition coefficient (Wildman–Crippen LogP) is 3.64. The number of aryl methyl sites for hydroxylation is 1. The maximum atomic E-state index is 12.4. The number of carbonyl (C=O) groups excluding carboxylic acids is 1. The topological polar surface area (TPSA) is 53.6 Å². The molecule has 138 valence electrons. The Bertz CT molecular complexity index is 743. The highest BCUT2D eigenvalue weighted by Gasteiger charge is 2.11. The zero-order valence-electron chi connectivity index (χ0n) is 14.9. The van der Waals surface area contributed by atoms with E-state index in [1.807, 2.05) is 25.1 Å². The Kier molecular flexibility index (Phi) is 6.50. The van der Waals surface area contributed by atoms with Gasteiger partial charge in [-0.3, -0.25) is 9.69 Å². The summed E-state index contributed by atoms with van der Waals surface area (Å²) in [6, 6.07) is 12.8. The van der Waals surface area contributed by atoms with Gasteiger partial charge in [0.2, 0.25) is 0 Å². The van der Waals surface area contributed by atoms with E-state index in [9.17, 15) is 4.79 Å². The number of halogens is 1. The van der Waals surface area contributed by atoms with E-state index in [1.54, 1.807) is 24.3 Å². The Labute approximate surface area is 159 Å². The third-order valence-electron chi connectivity index (χ3n) is 4.44. The van der Waals surface area contributed by atoms with Crippen molar-refractivity contribution < 1.29 is 9.53 Å². The molecule has 1 aliphatic heterocycles. The molecule has 1 aliphatic rings. The number of nitrogens with one attached hydrogen (secondary N) is 2. The molecule has 0 unspecified atom stereocenters. The van der Waals surface area contributed by atoms with E-state index < -0.39 is 0 Å². The lowest BCUT2D eigenvalue weighted by Gasteiger charge is -2.26. The second-order valence-corrected chi connectivity index (χ2v) is 6.81. The van der Waals surface area contributed by atoms with Gasteiger partial charge in [0.05, 0.1) is 13.2 Å². The van der Waals surface area contributed by atoms with Gasteiger partial charge in [0.15, 0.2) is 0 Å². The average molecular weight is 374 g/mol. The normalized spacial score (nSPS) is 14.8. The molecule has 0 bridgehead atoms. The van der Waals surface area contributed by atoms with Crippen molar-refractivity contribution in [3.05, 3.63) is 58.6 Å². The third kappa shape index (κ3) is 5.21. The Hall–Kier alpha value is -2.08. The van der Waals surface area contributed by atoms with E-state index in [0.717, 1.165) is 56.3 Å². The zero-order chi connectivity index (χ0) is 18.4. The Morgan fingerprint density at radius 3 is 2.58 bits per heavy atom. The van der Waals surface area contributed by atoms with Crippen LogP contribution in [0.15, 0.2) is 42.5 Å². The average Bonchev–Trinajstić information content (AvgIpc) is 2.65. The van der Waals surface area contributed by atoms with Gasteiger partial charge in [0.25, 0.3) is 5.91 Å². The van der Waals surface area contributed by atoms with Crippen molar-refractivity contribution in [1.82, 2.24) is 4.90 Å². The minimum Gasteiger partial charge on any atom is -0.384 e. The molecule has 1 heterocycles. The maximum Gasteiger partial charge on any atom is 0.255 e. The number of benzene rings is 2. The lowest BCUT2D eigenvalue weighted by atomic mass is 10.1. The molecule has 26 heavy (non-hydrogen) atoms. The van der Waals surface area contributed by atoms with Crippen LogP contribution in [0.4, 0.5) is 11.4 Å². The van der Waals surface area contributed by atoms with Crippen molar-refractivity contribution in [1.29, 1.82) is 0 Å². The summed E-state index contributed by atoms with van der Waals surface area (Å²) in [5.41, 5.74) is 3.47. The standard InChI is InChI=1S/C20H24ClN3O2/c1-15-14-16(20(25)23-18-5-3-17(21)4-6-18)2-7-19(15)22-8-9-24-10-12-26-13-11-24/h2-7,14,22H,8-13H2,1H3,(H,23,25). The Balaban J connectivity index is 1.54. The molecule has 0 aromatic heterocycles. The second-order valence-electron chi connectivity index (χ2n) is 6.37. The second kappa shape index (κ2) is 9.03. The van der Waals surface area contributed by atoms with Crippen molar-refractivity contribution in [3.63, 3.8) is 0 Å². The van der Waals surface area contributed by atoms with Gasteiger partial charge in [0, 0.05) is 48.1 Å². The first-order chi connectivity index (χ1) is 12.6. The largest absolute Gasteiger partial charge is 0.384 e. The van der Waals surface area contributed by atoms with E-state index in [2.05, 4.69) is 15.5 Å². The number of rotatable bonds is 6. The number of hydrogen-bond donors (Lipinski definition) is 2. The van der Waals surface area contributed by atoms with E-state index >= 15 is 0 Å². The van der Waals surface area contributed by atoms with Crippen LogP contribution in [-0.4, -0.2) is 50.2 Å². The molecule has 2 aromatic carbocycles. The quantitative estimate of drug-likeness (QED) is 0.811. The Morgan fingerprint density at radius 1 is 1.15 bits per heavy atom. The summed E-state index contributed by atoms with van der Waals surface area (Å²) in [6.07, 6.45) is 0. The molecule has 2 N–H and O–H groups in total. The highest BCUT2D eigenvalue weighted by Crippen LogP contribution is 2.19.